The van der Waals surface area contributed by atoms with Gasteiger partial charge in [0.1, 0.15) is 11.3 Å². The van der Waals surface area contributed by atoms with Crippen molar-refractivity contribution in [1.82, 2.24) is 0 Å². The first kappa shape index (κ1) is 22.5. The molecule has 0 saturated heterocycles. The largest absolute Gasteiger partial charge is 0.507 e. The zero-order valence-corrected chi connectivity index (χ0v) is 16.9. The Bertz CT molecular complexity index is 421. The maximum absolute atomic E-state index is 11.7. The number of carbonyl (C=O) groups excluding carboxylic acids is 1. The Morgan fingerprint density at radius 1 is 0.913 bits per heavy atom. The topological polar surface area (TPSA) is 46.5 Å². The standard InChI is InChI=1S/C19H30O3.Na/c1-2-3-4-5-6-7-8-9-10-13-16-22-19(21)17-14-11-12-15-18(17)20;/h11-12,14-15,20H,2-10,13,16H2,1H3;. The monoisotopic (exact) mass is 329 g/mol. The first-order valence-corrected chi connectivity index (χ1v) is 8.70. The van der Waals surface area contributed by atoms with Crippen LogP contribution in [0.4, 0.5) is 0 Å². The molecule has 0 aliphatic heterocycles. The molecule has 0 bridgehead atoms. The van der Waals surface area contributed by atoms with E-state index in [9.17, 15) is 9.90 Å². The van der Waals surface area contributed by atoms with Crippen LogP contribution in [0.5, 0.6) is 5.75 Å². The Morgan fingerprint density at radius 3 is 2.00 bits per heavy atom. The summed E-state index contributed by atoms with van der Waals surface area (Å²) in [5.74, 6) is -0.454. The molecule has 1 N–H and O–H groups in total. The van der Waals surface area contributed by atoms with Gasteiger partial charge in [-0.15, -0.1) is 0 Å². The molecule has 0 atom stereocenters. The molecule has 3 nitrogen and oxygen atoms in total. The molecule has 0 fully saturated rings. The van der Waals surface area contributed by atoms with Crippen LogP contribution in [0, 0.1) is 0 Å². The molecular weight excluding hydrogens is 299 g/mol. The zero-order chi connectivity index (χ0) is 16.0. The van der Waals surface area contributed by atoms with Crippen molar-refractivity contribution in [3.63, 3.8) is 0 Å². The van der Waals surface area contributed by atoms with E-state index in [0.29, 0.717) is 6.61 Å². The number of unbranched alkanes of at least 4 members (excludes halogenated alkanes) is 9. The number of hydrogen-bond donors (Lipinski definition) is 1. The number of phenolic OH excluding ortho intramolecular Hbond substituents is 1. The van der Waals surface area contributed by atoms with Crippen LogP contribution in [0.25, 0.3) is 0 Å². The normalized spacial score (nSPS) is 10.1. The molecule has 0 spiro atoms. The second kappa shape index (κ2) is 15.0. The summed E-state index contributed by atoms with van der Waals surface area (Å²) in [5.41, 5.74) is 0.245. The van der Waals surface area contributed by atoms with Crippen molar-refractivity contribution in [2.24, 2.45) is 0 Å². The van der Waals surface area contributed by atoms with Crippen molar-refractivity contribution in [2.75, 3.05) is 6.61 Å². The molecule has 0 saturated carbocycles. The van der Waals surface area contributed by atoms with Crippen LogP contribution in [-0.2, 0) is 4.74 Å². The van der Waals surface area contributed by atoms with Gasteiger partial charge in [-0.1, -0.05) is 76.8 Å². The van der Waals surface area contributed by atoms with E-state index in [1.165, 1.54) is 57.4 Å². The summed E-state index contributed by atoms with van der Waals surface area (Å²) in [5, 5.41) is 9.56. The van der Waals surface area contributed by atoms with E-state index >= 15 is 0 Å². The summed E-state index contributed by atoms with van der Waals surface area (Å²) in [4.78, 5) is 11.7. The zero-order valence-electron chi connectivity index (χ0n) is 14.9. The Balaban J connectivity index is 0.00000484. The second-order valence-electron chi connectivity index (χ2n) is 5.84. The predicted octanol–water partition coefficient (Wildman–Crippen LogP) is 5.09. The number of carbonyl (C=O) groups is 1. The van der Waals surface area contributed by atoms with Gasteiger partial charge in [0, 0.05) is 29.6 Å². The summed E-state index contributed by atoms with van der Waals surface area (Å²) in [7, 11) is 0. The Hall–Kier alpha value is -0.510. The molecule has 0 aliphatic rings. The Labute approximate surface area is 163 Å². The van der Waals surface area contributed by atoms with Gasteiger partial charge < -0.3 is 9.84 Å². The summed E-state index contributed by atoms with van der Waals surface area (Å²) < 4.78 is 5.18. The molecule has 0 aromatic heterocycles. The van der Waals surface area contributed by atoms with Crippen LogP contribution in [0.1, 0.15) is 81.5 Å². The van der Waals surface area contributed by atoms with Gasteiger partial charge in [-0.25, -0.2) is 4.79 Å². The van der Waals surface area contributed by atoms with Gasteiger partial charge in [0.25, 0.3) is 0 Å². The molecular formula is C19H30NaO3. The van der Waals surface area contributed by atoms with Crippen LogP contribution in [0.15, 0.2) is 24.3 Å². The summed E-state index contributed by atoms with van der Waals surface area (Å²) in [6.45, 7) is 2.68. The van der Waals surface area contributed by atoms with E-state index in [1.807, 2.05) is 0 Å². The molecule has 125 valence electrons. The maximum atomic E-state index is 11.7. The summed E-state index contributed by atoms with van der Waals surface area (Å²) >= 11 is 0. The van der Waals surface area contributed by atoms with Crippen LogP contribution < -0.4 is 0 Å². The van der Waals surface area contributed by atoms with Gasteiger partial charge in [-0.2, -0.15) is 0 Å². The van der Waals surface area contributed by atoms with E-state index in [0.717, 1.165) is 12.8 Å². The fourth-order valence-electron chi connectivity index (χ4n) is 2.48. The van der Waals surface area contributed by atoms with E-state index < -0.39 is 5.97 Å². The Kier molecular flexibility index (Phi) is 14.7. The van der Waals surface area contributed by atoms with Crippen LogP contribution in [0.2, 0.25) is 0 Å². The maximum Gasteiger partial charge on any atom is 0.341 e. The third-order valence-corrected chi connectivity index (χ3v) is 3.86. The minimum atomic E-state index is -0.436. The average Bonchev–Trinajstić information content (AvgIpc) is 2.53. The number of para-hydroxylation sites is 1. The molecule has 0 heterocycles. The van der Waals surface area contributed by atoms with Gasteiger partial charge in [0.05, 0.1) is 6.61 Å². The molecule has 0 aliphatic carbocycles. The van der Waals surface area contributed by atoms with Crippen molar-refractivity contribution >= 4 is 35.5 Å². The van der Waals surface area contributed by atoms with Gasteiger partial charge in [-0.3, -0.25) is 0 Å². The van der Waals surface area contributed by atoms with Crippen LogP contribution >= 0.6 is 0 Å². The molecule has 0 amide bonds. The van der Waals surface area contributed by atoms with Crippen molar-refractivity contribution in [1.29, 1.82) is 0 Å². The SMILES string of the molecule is CCCCCCCCCCCCOC(=O)c1ccccc1O.[Na]. The molecule has 4 heteroatoms. The minimum absolute atomic E-state index is 0. The van der Waals surface area contributed by atoms with E-state index in [2.05, 4.69) is 6.92 Å². The average molecular weight is 329 g/mol. The van der Waals surface area contributed by atoms with Gasteiger partial charge >= 0.3 is 5.97 Å². The number of benzene rings is 1. The minimum Gasteiger partial charge on any atom is -0.507 e. The van der Waals surface area contributed by atoms with Crippen molar-refractivity contribution in [3.8, 4) is 5.75 Å². The molecule has 23 heavy (non-hydrogen) atoms. The molecule has 1 radical (unpaired) electrons. The number of phenols is 1. The Morgan fingerprint density at radius 2 is 1.43 bits per heavy atom. The third-order valence-electron chi connectivity index (χ3n) is 3.86. The smallest absolute Gasteiger partial charge is 0.341 e. The summed E-state index contributed by atoms with van der Waals surface area (Å²) in [6.07, 6.45) is 12.6. The fraction of sp³-hybridized carbons (Fsp3) is 0.632. The van der Waals surface area contributed by atoms with E-state index in [-0.39, 0.29) is 40.9 Å². The third kappa shape index (κ3) is 10.8. The number of esters is 1. The first-order valence-electron chi connectivity index (χ1n) is 8.70. The van der Waals surface area contributed by atoms with Gasteiger partial charge in [-0.05, 0) is 18.6 Å². The van der Waals surface area contributed by atoms with E-state index in [1.54, 1.807) is 18.2 Å². The molecule has 1 aromatic carbocycles. The van der Waals surface area contributed by atoms with Gasteiger partial charge in [0.2, 0.25) is 0 Å². The predicted molar refractivity (Wildman–Crippen MR) is 96.0 cm³/mol. The van der Waals surface area contributed by atoms with Crippen LogP contribution in [-0.4, -0.2) is 47.2 Å². The van der Waals surface area contributed by atoms with Crippen molar-refractivity contribution < 1.29 is 14.6 Å². The first-order chi connectivity index (χ1) is 10.8. The number of aromatic hydroxyl groups is 1. The molecule has 1 aromatic rings. The summed E-state index contributed by atoms with van der Waals surface area (Å²) in [6, 6.07) is 6.48. The number of ether oxygens (including phenoxy) is 1. The van der Waals surface area contributed by atoms with Crippen molar-refractivity contribution in [3.05, 3.63) is 29.8 Å². The van der Waals surface area contributed by atoms with Gasteiger partial charge in [0.15, 0.2) is 0 Å². The fourth-order valence-corrected chi connectivity index (χ4v) is 2.48. The van der Waals surface area contributed by atoms with Crippen molar-refractivity contribution in [2.45, 2.75) is 71.1 Å². The van der Waals surface area contributed by atoms with E-state index in [4.69, 9.17) is 4.74 Å². The number of rotatable bonds is 12. The number of hydrogen-bond acceptors (Lipinski definition) is 3. The molecule has 1 rings (SSSR count). The second-order valence-corrected chi connectivity index (χ2v) is 5.84. The molecule has 0 unspecified atom stereocenters. The quantitative estimate of drug-likeness (QED) is 0.330. The van der Waals surface area contributed by atoms with Crippen LogP contribution in [0.3, 0.4) is 0 Å².